The number of nitrogens with one attached hydrogen (secondary N) is 1. The lowest BCUT2D eigenvalue weighted by Gasteiger charge is -2.35. The van der Waals surface area contributed by atoms with Crippen molar-refractivity contribution in [2.24, 2.45) is 23.7 Å². The van der Waals surface area contributed by atoms with Crippen molar-refractivity contribution >= 4 is 29.6 Å². The lowest BCUT2D eigenvalue weighted by Crippen LogP contribution is -2.58. The van der Waals surface area contributed by atoms with Crippen molar-refractivity contribution in [1.82, 2.24) is 20.0 Å². The maximum Gasteiger partial charge on any atom is 0.324 e. The minimum atomic E-state index is -1.08. The van der Waals surface area contributed by atoms with Crippen LogP contribution in [0.15, 0.2) is 11.8 Å². The van der Waals surface area contributed by atoms with Crippen molar-refractivity contribution in [2.45, 2.75) is 111 Å². The molecule has 0 radical (unpaired) electrons. The molecule has 0 aliphatic carbocycles. The van der Waals surface area contributed by atoms with Crippen LogP contribution < -0.4 is 5.32 Å². The van der Waals surface area contributed by atoms with Crippen LogP contribution in [0.2, 0.25) is 0 Å². The predicted molar refractivity (Wildman–Crippen MR) is 163 cm³/mol. The largest absolute Gasteiger partial charge is 0.499 e. The number of hydrogen-bond donors (Lipinski definition) is 1. The molecule has 2 aliphatic rings. The van der Waals surface area contributed by atoms with Gasteiger partial charge in [0.1, 0.15) is 23.9 Å². The van der Waals surface area contributed by atoms with Crippen LogP contribution in [0.3, 0.4) is 0 Å². The number of likely N-dealkylation sites (N-methyl/N-ethyl adjacent to an activating group) is 1. The van der Waals surface area contributed by atoms with E-state index in [1.165, 1.54) is 23.0 Å². The normalized spacial score (nSPS) is 21.7. The number of methoxy groups -OCH3 is 1. The number of carbonyl (C=O) groups is 5. The van der Waals surface area contributed by atoms with E-state index in [0.717, 1.165) is 0 Å². The second-order valence-corrected chi connectivity index (χ2v) is 13.3. The third-order valence-corrected chi connectivity index (χ3v) is 8.48. The Bertz CT molecular complexity index is 1050. The highest BCUT2D eigenvalue weighted by atomic mass is 16.6. The van der Waals surface area contributed by atoms with Gasteiger partial charge in [-0.1, -0.05) is 55.4 Å². The summed E-state index contributed by atoms with van der Waals surface area (Å²) in [5, 5.41) is 2.86. The van der Waals surface area contributed by atoms with Crippen molar-refractivity contribution in [3.63, 3.8) is 0 Å². The molecule has 11 heteroatoms. The number of carbonyl (C=O) groups excluding carboxylic acids is 5. The maximum absolute atomic E-state index is 14.0. The molecule has 1 fully saturated rings. The fourth-order valence-electron chi connectivity index (χ4n) is 5.78. The van der Waals surface area contributed by atoms with Gasteiger partial charge in [0.25, 0.3) is 17.7 Å². The molecule has 11 nitrogen and oxygen atoms in total. The van der Waals surface area contributed by atoms with E-state index < -0.39 is 59.9 Å². The molecule has 43 heavy (non-hydrogen) atoms. The van der Waals surface area contributed by atoms with Gasteiger partial charge in [0, 0.05) is 18.5 Å². The zero-order valence-electron chi connectivity index (χ0n) is 28.0. The van der Waals surface area contributed by atoms with Crippen LogP contribution in [0.4, 0.5) is 0 Å². The van der Waals surface area contributed by atoms with E-state index in [-0.39, 0.29) is 23.7 Å². The Balaban J connectivity index is 2.28. The summed E-state index contributed by atoms with van der Waals surface area (Å²) in [4.78, 5) is 72.0. The minimum absolute atomic E-state index is 0.0808. The number of likely N-dealkylation sites (tertiary alicyclic amines) is 1. The molecule has 1 saturated heterocycles. The maximum atomic E-state index is 14.0. The monoisotopic (exact) mass is 606 g/mol. The first-order valence-corrected chi connectivity index (χ1v) is 15.7. The summed E-state index contributed by atoms with van der Waals surface area (Å²) in [5.41, 5.74) is 0. The fraction of sp³-hybridized carbons (Fsp3) is 0.781. The smallest absolute Gasteiger partial charge is 0.324 e. The molecule has 1 N–H and O–H groups in total. The average molecular weight is 607 g/mol. The first kappa shape index (κ1) is 36.2. The van der Waals surface area contributed by atoms with E-state index in [4.69, 9.17) is 9.47 Å². The number of rotatable bonds is 14. The molecule has 0 spiro atoms. The summed E-state index contributed by atoms with van der Waals surface area (Å²) < 4.78 is 11.2. The van der Waals surface area contributed by atoms with Gasteiger partial charge in [0.15, 0.2) is 6.10 Å². The number of imide groups is 1. The number of esters is 1. The zero-order valence-corrected chi connectivity index (χ0v) is 28.0. The molecule has 6 unspecified atom stereocenters. The number of hydrogen-bond acceptors (Lipinski definition) is 8. The summed E-state index contributed by atoms with van der Waals surface area (Å²) in [6.45, 7) is 15.6. The average Bonchev–Trinajstić information content (AvgIpc) is 3.56. The molecule has 0 aromatic carbocycles. The van der Waals surface area contributed by atoms with Crippen LogP contribution in [0, 0.1) is 23.7 Å². The Morgan fingerprint density at radius 3 is 2.19 bits per heavy atom. The van der Waals surface area contributed by atoms with Crippen molar-refractivity contribution in [3.05, 3.63) is 11.8 Å². The molecule has 2 heterocycles. The summed E-state index contributed by atoms with van der Waals surface area (Å²) in [5.74, 6) is -2.32. The van der Waals surface area contributed by atoms with Gasteiger partial charge in [-0.15, -0.1) is 0 Å². The number of ether oxygens (including phenoxy) is 2. The van der Waals surface area contributed by atoms with E-state index in [9.17, 15) is 24.0 Å². The first-order chi connectivity index (χ1) is 20.1. The van der Waals surface area contributed by atoms with Crippen LogP contribution >= 0.6 is 0 Å². The van der Waals surface area contributed by atoms with E-state index in [0.29, 0.717) is 38.0 Å². The molecule has 2 rings (SSSR count). The Morgan fingerprint density at radius 2 is 1.70 bits per heavy atom. The SMILES string of the molecule is CCC(C)C(OC(=O)C(CC(C)C)N(C)C)C(=O)NC(C(=O)N1CCCC1C(=O)N1C(=O)C=C(OC)C1C(C)C)C(C)C. The molecule has 4 amide bonds. The Labute approximate surface area is 257 Å². The molecule has 0 aromatic heterocycles. The van der Waals surface area contributed by atoms with Crippen molar-refractivity contribution in [3.8, 4) is 0 Å². The second-order valence-electron chi connectivity index (χ2n) is 13.3. The standard InChI is InChI=1S/C32H54N4O7/c1-12-21(8)28(43-32(41)23(34(9)10)16-18(2)3)29(38)33-26(19(4)5)31(40)35-15-13-14-22(35)30(39)36-25(37)17-24(42-11)27(36)20(6)7/h17-23,26-28H,12-16H2,1-11H3,(H,33,38). The Morgan fingerprint density at radius 1 is 1.07 bits per heavy atom. The molecule has 0 aromatic rings. The molecule has 6 atom stereocenters. The Kier molecular flexibility index (Phi) is 13.2. The molecular formula is C32H54N4O7. The summed E-state index contributed by atoms with van der Waals surface area (Å²) in [7, 11) is 5.08. The Hall–Kier alpha value is -2.95. The molecule has 2 aliphatic heterocycles. The van der Waals surface area contributed by atoms with Crippen molar-refractivity contribution in [1.29, 1.82) is 0 Å². The highest BCUT2D eigenvalue weighted by Crippen LogP contribution is 2.31. The van der Waals surface area contributed by atoms with Gasteiger partial charge in [0.05, 0.1) is 13.2 Å². The lowest BCUT2D eigenvalue weighted by atomic mass is 9.97. The van der Waals surface area contributed by atoms with Gasteiger partial charge in [-0.2, -0.15) is 0 Å². The first-order valence-electron chi connectivity index (χ1n) is 15.7. The molecular weight excluding hydrogens is 552 g/mol. The van der Waals surface area contributed by atoms with E-state index in [1.54, 1.807) is 19.0 Å². The quantitative estimate of drug-likeness (QED) is 0.236. The summed E-state index contributed by atoms with van der Waals surface area (Å²) in [6.07, 6.45) is 2.42. The second kappa shape index (κ2) is 15.7. The third-order valence-electron chi connectivity index (χ3n) is 8.48. The highest BCUT2D eigenvalue weighted by Gasteiger charge is 2.47. The zero-order chi connectivity index (χ0) is 32.8. The topological polar surface area (TPSA) is 126 Å². The molecule has 0 saturated carbocycles. The van der Waals surface area contributed by atoms with Gasteiger partial charge in [0.2, 0.25) is 5.91 Å². The summed E-state index contributed by atoms with van der Waals surface area (Å²) >= 11 is 0. The van der Waals surface area contributed by atoms with Gasteiger partial charge in [-0.25, -0.2) is 0 Å². The van der Waals surface area contributed by atoms with Gasteiger partial charge in [-0.3, -0.25) is 33.8 Å². The van der Waals surface area contributed by atoms with Crippen LogP contribution in [-0.4, -0.2) is 102 Å². The van der Waals surface area contributed by atoms with Crippen LogP contribution in [0.1, 0.15) is 81.1 Å². The molecule has 0 bridgehead atoms. The van der Waals surface area contributed by atoms with Crippen LogP contribution in [0.25, 0.3) is 0 Å². The third kappa shape index (κ3) is 8.58. The van der Waals surface area contributed by atoms with Gasteiger partial charge in [-0.05, 0) is 57.5 Å². The fourth-order valence-corrected chi connectivity index (χ4v) is 5.78. The minimum Gasteiger partial charge on any atom is -0.499 e. The summed E-state index contributed by atoms with van der Waals surface area (Å²) in [6, 6.07) is -2.83. The number of amides is 4. The van der Waals surface area contributed by atoms with Crippen molar-refractivity contribution < 1.29 is 33.4 Å². The number of nitrogens with zero attached hydrogens (tertiary/aromatic N) is 3. The van der Waals surface area contributed by atoms with Gasteiger partial charge < -0.3 is 19.7 Å². The van der Waals surface area contributed by atoms with Crippen LogP contribution in [-0.2, 0) is 33.4 Å². The van der Waals surface area contributed by atoms with Gasteiger partial charge >= 0.3 is 5.97 Å². The van der Waals surface area contributed by atoms with Crippen LogP contribution in [0.5, 0.6) is 0 Å². The van der Waals surface area contributed by atoms with E-state index in [1.807, 2.05) is 55.4 Å². The van der Waals surface area contributed by atoms with Crippen molar-refractivity contribution in [2.75, 3.05) is 27.7 Å². The molecule has 244 valence electrons. The predicted octanol–water partition coefficient (Wildman–Crippen LogP) is 2.98. The highest BCUT2D eigenvalue weighted by molar-refractivity contribution is 6.07. The lowest BCUT2D eigenvalue weighted by molar-refractivity contribution is -0.164. The van der Waals surface area contributed by atoms with E-state index in [2.05, 4.69) is 5.32 Å². The van der Waals surface area contributed by atoms with E-state index >= 15 is 0 Å².